The molecular formula is C16H25NO4. The molecule has 1 aliphatic carbocycles. The molecule has 0 spiro atoms. The fourth-order valence-corrected chi connectivity index (χ4v) is 2.50. The van der Waals surface area contributed by atoms with E-state index in [0.29, 0.717) is 13.1 Å². The Morgan fingerprint density at radius 1 is 1.14 bits per heavy atom. The Balaban J connectivity index is 2.32. The van der Waals surface area contributed by atoms with E-state index >= 15 is 0 Å². The average molecular weight is 295 g/mol. The van der Waals surface area contributed by atoms with E-state index in [2.05, 4.69) is 13.2 Å². The van der Waals surface area contributed by atoms with Crippen molar-refractivity contribution in [2.75, 3.05) is 26.8 Å². The third-order valence-electron chi connectivity index (χ3n) is 3.70. The van der Waals surface area contributed by atoms with Crippen LogP contribution < -0.4 is 0 Å². The molecule has 1 aliphatic rings. The first kappa shape index (κ1) is 17.4. The van der Waals surface area contributed by atoms with Gasteiger partial charge in [-0.05, 0) is 25.7 Å². The number of methoxy groups -OCH3 is 1. The summed E-state index contributed by atoms with van der Waals surface area (Å²) in [5, 5.41) is 0. The maximum Gasteiger partial charge on any atom is 0.308 e. The van der Waals surface area contributed by atoms with E-state index in [4.69, 9.17) is 9.47 Å². The first-order chi connectivity index (χ1) is 10.1. The van der Waals surface area contributed by atoms with Gasteiger partial charge in [-0.3, -0.25) is 9.59 Å². The van der Waals surface area contributed by atoms with Gasteiger partial charge in [0.05, 0.1) is 19.1 Å². The van der Waals surface area contributed by atoms with Crippen LogP contribution in [-0.4, -0.2) is 49.7 Å². The molecule has 0 radical (unpaired) electrons. The molecule has 0 N–H and O–H groups in total. The van der Waals surface area contributed by atoms with Gasteiger partial charge in [-0.2, -0.15) is 0 Å². The second-order valence-electron chi connectivity index (χ2n) is 5.18. The summed E-state index contributed by atoms with van der Waals surface area (Å²) in [6.45, 7) is 8.31. The van der Waals surface area contributed by atoms with Gasteiger partial charge in [0.15, 0.2) is 0 Å². The summed E-state index contributed by atoms with van der Waals surface area (Å²) in [6, 6.07) is 0. The smallest absolute Gasteiger partial charge is 0.308 e. The predicted octanol–water partition coefficient (Wildman–Crippen LogP) is 1.94. The fraction of sp³-hybridized carbons (Fsp3) is 0.625. The zero-order chi connectivity index (χ0) is 15.7. The molecule has 21 heavy (non-hydrogen) atoms. The zero-order valence-electron chi connectivity index (χ0n) is 12.8. The van der Waals surface area contributed by atoms with E-state index in [1.807, 2.05) is 0 Å². The van der Waals surface area contributed by atoms with Gasteiger partial charge in [-0.25, -0.2) is 0 Å². The SMILES string of the molecule is C=CCN(CC=C)C(=O)COC1CCC(C(=O)OC)CC1. The number of hydrogen-bond acceptors (Lipinski definition) is 4. The molecule has 0 unspecified atom stereocenters. The van der Waals surface area contributed by atoms with Gasteiger partial charge in [0.2, 0.25) is 5.91 Å². The summed E-state index contributed by atoms with van der Waals surface area (Å²) in [7, 11) is 1.41. The minimum Gasteiger partial charge on any atom is -0.469 e. The lowest BCUT2D eigenvalue weighted by molar-refractivity contribution is -0.148. The van der Waals surface area contributed by atoms with E-state index in [0.717, 1.165) is 25.7 Å². The largest absolute Gasteiger partial charge is 0.469 e. The summed E-state index contributed by atoms with van der Waals surface area (Å²) in [5.74, 6) is -0.235. The van der Waals surface area contributed by atoms with Crippen molar-refractivity contribution >= 4 is 11.9 Å². The van der Waals surface area contributed by atoms with Crippen LogP contribution in [0.15, 0.2) is 25.3 Å². The quantitative estimate of drug-likeness (QED) is 0.507. The lowest BCUT2D eigenvalue weighted by Crippen LogP contribution is -2.36. The number of carbonyl (C=O) groups excluding carboxylic acids is 2. The Kier molecular flexibility index (Phi) is 7.75. The molecule has 0 atom stereocenters. The highest BCUT2D eigenvalue weighted by Gasteiger charge is 2.27. The summed E-state index contributed by atoms with van der Waals surface area (Å²) >= 11 is 0. The molecule has 1 amide bonds. The summed E-state index contributed by atoms with van der Waals surface area (Å²) in [4.78, 5) is 25.1. The van der Waals surface area contributed by atoms with Gasteiger partial charge in [0, 0.05) is 13.1 Å². The standard InChI is InChI=1S/C16H25NO4/c1-4-10-17(11-5-2)15(18)12-21-14-8-6-13(7-9-14)16(19)20-3/h4-5,13-14H,1-2,6-12H2,3H3. The highest BCUT2D eigenvalue weighted by molar-refractivity contribution is 5.77. The number of nitrogens with zero attached hydrogens (tertiary/aromatic N) is 1. The molecule has 5 nitrogen and oxygen atoms in total. The number of ether oxygens (including phenoxy) is 2. The van der Waals surface area contributed by atoms with Crippen molar-refractivity contribution in [1.29, 1.82) is 0 Å². The maximum atomic E-state index is 12.0. The lowest BCUT2D eigenvalue weighted by atomic mass is 9.87. The molecule has 0 aromatic carbocycles. The molecule has 0 aliphatic heterocycles. The highest BCUT2D eigenvalue weighted by Crippen LogP contribution is 2.27. The average Bonchev–Trinajstić information content (AvgIpc) is 2.52. The van der Waals surface area contributed by atoms with Gasteiger partial charge in [0.25, 0.3) is 0 Å². The second kappa shape index (κ2) is 9.34. The fourth-order valence-electron chi connectivity index (χ4n) is 2.50. The first-order valence-corrected chi connectivity index (χ1v) is 7.31. The minimum atomic E-state index is -0.146. The van der Waals surface area contributed by atoms with Crippen LogP contribution in [0.4, 0.5) is 0 Å². The minimum absolute atomic E-state index is 0.0245. The Labute approximate surface area is 126 Å². The van der Waals surface area contributed by atoms with Crippen LogP contribution in [0, 0.1) is 5.92 Å². The van der Waals surface area contributed by atoms with Crippen molar-refractivity contribution in [2.45, 2.75) is 31.8 Å². The van der Waals surface area contributed by atoms with Crippen LogP contribution in [0.1, 0.15) is 25.7 Å². The Hall–Kier alpha value is -1.62. The van der Waals surface area contributed by atoms with Crippen molar-refractivity contribution in [3.8, 4) is 0 Å². The van der Waals surface area contributed by atoms with Crippen molar-refractivity contribution < 1.29 is 19.1 Å². The van der Waals surface area contributed by atoms with E-state index in [1.54, 1.807) is 17.1 Å². The molecule has 1 rings (SSSR count). The Morgan fingerprint density at radius 3 is 2.19 bits per heavy atom. The van der Waals surface area contributed by atoms with Crippen LogP contribution in [0.25, 0.3) is 0 Å². The number of esters is 1. The highest BCUT2D eigenvalue weighted by atomic mass is 16.5. The van der Waals surface area contributed by atoms with Gasteiger partial charge in [-0.1, -0.05) is 12.2 Å². The second-order valence-corrected chi connectivity index (χ2v) is 5.18. The Bertz CT molecular complexity index is 362. The lowest BCUT2D eigenvalue weighted by Gasteiger charge is -2.27. The topological polar surface area (TPSA) is 55.8 Å². The molecule has 0 heterocycles. The van der Waals surface area contributed by atoms with Crippen LogP contribution in [0.5, 0.6) is 0 Å². The third-order valence-corrected chi connectivity index (χ3v) is 3.70. The number of carbonyl (C=O) groups is 2. The van der Waals surface area contributed by atoms with E-state index in [-0.39, 0.29) is 30.5 Å². The summed E-state index contributed by atoms with van der Waals surface area (Å²) in [5.41, 5.74) is 0. The molecule has 0 saturated heterocycles. The van der Waals surface area contributed by atoms with Gasteiger partial charge in [-0.15, -0.1) is 13.2 Å². The maximum absolute atomic E-state index is 12.0. The molecule has 118 valence electrons. The summed E-state index contributed by atoms with van der Waals surface area (Å²) in [6.07, 6.45) is 6.50. The first-order valence-electron chi connectivity index (χ1n) is 7.31. The Morgan fingerprint density at radius 2 is 1.71 bits per heavy atom. The van der Waals surface area contributed by atoms with Crippen LogP contribution in [0.2, 0.25) is 0 Å². The predicted molar refractivity (Wildman–Crippen MR) is 80.7 cm³/mol. The van der Waals surface area contributed by atoms with Crippen molar-refractivity contribution in [1.82, 2.24) is 4.90 Å². The number of amides is 1. The van der Waals surface area contributed by atoms with Crippen LogP contribution in [-0.2, 0) is 19.1 Å². The van der Waals surface area contributed by atoms with Crippen molar-refractivity contribution in [3.05, 3.63) is 25.3 Å². The molecular weight excluding hydrogens is 270 g/mol. The van der Waals surface area contributed by atoms with E-state index in [9.17, 15) is 9.59 Å². The van der Waals surface area contributed by atoms with Crippen LogP contribution >= 0.6 is 0 Å². The molecule has 0 aromatic rings. The van der Waals surface area contributed by atoms with Gasteiger partial charge >= 0.3 is 5.97 Å². The number of hydrogen-bond donors (Lipinski definition) is 0. The van der Waals surface area contributed by atoms with Crippen molar-refractivity contribution in [2.24, 2.45) is 5.92 Å². The van der Waals surface area contributed by atoms with Crippen molar-refractivity contribution in [3.63, 3.8) is 0 Å². The molecule has 1 fully saturated rings. The molecule has 5 heteroatoms. The molecule has 0 aromatic heterocycles. The van der Waals surface area contributed by atoms with Gasteiger partial charge in [0.1, 0.15) is 6.61 Å². The third kappa shape index (κ3) is 5.71. The molecule has 0 bridgehead atoms. The summed E-state index contributed by atoms with van der Waals surface area (Å²) < 4.78 is 10.4. The molecule has 1 saturated carbocycles. The normalized spacial score (nSPS) is 21.4. The number of rotatable bonds is 8. The zero-order valence-corrected chi connectivity index (χ0v) is 12.8. The van der Waals surface area contributed by atoms with E-state index < -0.39 is 0 Å². The van der Waals surface area contributed by atoms with Crippen LogP contribution in [0.3, 0.4) is 0 Å². The van der Waals surface area contributed by atoms with E-state index in [1.165, 1.54) is 7.11 Å². The van der Waals surface area contributed by atoms with Gasteiger partial charge < -0.3 is 14.4 Å². The monoisotopic (exact) mass is 295 g/mol.